The standard InChI is InChI=1S/C21H21N3O3/c1-13-18(14(2)24(23-13)15-9-5-4-6-10-15)20(25)22-17-12-8-7-11-16(17)19-21(26-3)27-19/h4-12,19,21H,1-3H3,(H,22,25). The molecule has 138 valence electrons. The minimum Gasteiger partial charge on any atom is -0.353 e. The number of carbonyl (C=O) groups is 1. The smallest absolute Gasteiger partial charge is 0.259 e. The highest BCUT2D eigenvalue weighted by Gasteiger charge is 2.42. The van der Waals surface area contributed by atoms with Crippen molar-refractivity contribution in [3.8, 4) is 5.69 Å². The van der Waals surface area contributed by atoms with E-state index in [0.29, 0.717) is 11.3 Å². The van der Waals surface area contributed by atoms with Crippen LogP contribution in [-0.4, -0.2) is 29.1 Å². The van der Waals surface area contributed by atoms with Gasteiger partial charge in [0.05, 0.1) is 22.6 Å². The first-order valence-electron chi connectivity index (χ1n) is 8.80. The number of epoxide rings is 1. The number of rotatable bonds is 5. The van der Waals surface area contributed by atoms with E-state index in [1.807, 2.05) is 68.4 Å². The van der Waals surface area contributed by atoms with Crippen molar-refractivity contribution in [2.24, 2.45) is 0 Å². The maximum Gasteiger partial charge on any atom is 0.259 e. The molecule has 1 aliphatic heterocycles. The number of benzene rings is 2. The van der Waals surface area contributed by atoms with Gasteiger partial charge in [-0.1, -0.05) is 36.4 Å². The third-order valence-electron chi connectivity index (χ3n) is 4.72. The van der Waals surface area contributed by atoms with Crippen LogP contribution in [-0.2, 0) is 9.47 Å². The van der Waals surface area contributed by atoms with Gasteiger partial charge >= 0.3 is 0 Å². The Hall–Kier alpha value is -2.96. The first-order valence-corrected chi connectivity index (χ1v) is 8.80. The fourth-order valence-corrected chi connectivity index (χ4v) is 3.33. The number of anilines is 1. The van der Waals surface area contributed by atoms with Crippen LogP contribution in [0.4, 0.5) is 5.69 Å². The topological polar surface area (TPSA) is 68.7 Å². The van der Waals surface area contributed by atoms with Crippen molar-refractivity contribution in [1.82, 2.24) is 9.78 Å². The molecule has 0 saturated carbocycles. The van der Waals surface area contributed by atoms with E-state index in [9.17, 15) is 4.79 Å². The Balaban J connectivity index is 1.63. The van der Waals surface area contributed by atoms with Crippen LogP contribution in [0, 0.1) is 13.8 Å². The summed E-state index contributed by atoms with van der Waals surface area (Å²) in [6.45, 7) is 3.75. The van der Waals surface area contributed by atoms with Crippen LogP contribution in [0.1, 0.15) is 33.4 Å². The fraction of sp³-hybridized carbons (Fsp3) is 0.238. The van der Waals surface area contributed by atoms with Crippen LogP contribution >= 0.6 is 0 Å². The van der Waals surface area contributed by atoms with E-state index < -0.39 is 0 Å². The highest BCUT2D eigenvalue weighted by Crippen LogP contribution is 2.42. The van der Waals surface area contributed by atoms with Crippen LogP contribution in [0.5, 0.6) is 0 Å². The van der Waals surface area contributed by atoms with Gasteiger partial charge in [-0.25, -0.2) is 4.68 Å². The number of nitrogens with zero attached hydrogens (tertiary/aromatic N) is 2. The molecule has 3 aromatic rings. The molecule has 2 aromatic carbocycles. The molecule has 4 rings (SSSR count). The van der Waals surface area contributed by atoms with Crippen molar-refractivity contribution < 1.29 is 14.3 Å². The van der Waals surface area contributed by atoms with Gasteiger partial charge in [0.15, 0.2) is 6.29 Å². The summed E-state index contributed by atoms with van der Waals surface area (Å²) in [5.74, 6) is -0.186. The van der Waals surface area contributed by atoms with E-state index >= 15 is 0 Å². The number of carbonyl (C=O) groups excluding carboxylic acids is 1. The zero-order valence-electron chi connectivity index (χ0n) is 15.5. The fourth-order valence-electron chi connectivity index (χ4n) is 3.33. The molecular formula is C21H21N3O3. The monoisotopic (exact) mass is 363 g/mol. The molecule has 1 aliphatic rings. The SMILES string of the molecule is COC1OC1c1ccccc1NC(=O)c1c(C)nn(-c2ccccc2)c1C. The molecule has 27 heavy (non-hydrogen) atoms. The van der Waals surface area contributed by atoms with Gasteiger partial charge in [-0.15, -0.1) is 0 Å². The molecular weight excluding hydrogens is 342 g/mol. The molecule has 2 atom stereocenters. The Morgan fingerprint density at radius 2 is 1.81 bits per heavy atom. The van der Waals surface area contributed by atoms with E-state index in [2.05, 4.69) is 10.4 Å². The van der Waals surface area contributed by atoms with Crippen molar-refractivity contribution in [2.45, 2.75) is 26.2 Å². The summed E-state index contributed by atoms with van der Waals surface area (Å²) < 4.78 is 12.5. The number of ether oxygens (including phenoxy) is 2. The minimum absolute atomic E-state index is 0.152. The van der Waals surface area contributed by atoms with Gasteiger partial charge in [0, 0.05) is 18.4 Å². The Morgan fingerprint density at radius 1 is 1.11 bits per heavy atom. The van der Waals surface area contributed by atoms with Crippen molar-refractivity contribution in [1.29, 1.82) is 0 Å². The Labute approximate surface area is 157 Å². The summed E-state index contributed by atoms with van der Waals surface area (Å²) in [5, 5.41) is 7.56. The van der Waals surface area contributed by atoms with E-state index in [1.165, 1.54) is 0 Å². The highest BCUT2D eigenvalue weighted by molar-refractivity contribution is 6.06. The van der Waals surface area contributed by atoms with Crippen LogP contribution in [0.2, 0.25) is 0 Å². The molecule has 6 nitrogen and oxygen atoms in total. The third-order valence-corrected chi connectivity index (χ3v) is 4.72. The first-order chi connectivity index (χ1) is 13.1. The maximum atomic E-state index is 13.0. The normalized spacial score (nSPS) is 18.3. The molecule has 0 radical (unpaired) electrons. The molecule has 1 amide bonds. The Kier molecular flexibility index (Phi) is 4.51. The lowest BCUT2D eigenvalue weighted by molar-refractivity contribution is 0.0949. The predicted octanol–water partition coefficient (Wildman–Crippen LogP) is 3.79. The summed E-state index contributed by atoms with van der Waals surface area (Å²) >= 11 is 0. The number of methoxy groups -OCH3 is 1. The summed E-state index contributed by atoms with van der Waals surface area (Å²) in [6.07, 6.45) is -0.409. The third kappa shape index (κ3) is 3.25. The van der Waals surface area contributed by atoms with Gasteiger partial charge in [-0.05, 0) is 32.0 Å². The summed E-state index contributed by atoms with van der Waals surface area (Å²) in [4.78, 5) is 13.0. The number of para-hydroxylation sites is 2. The molecule has 1 aromatic heterocycles. The second-order valence-electron chi connectivity index (χ2n) is 6.50. The molecule has 2 unspecified atom stereocenters. The second kappa shape index (κ2) is 6.98. The Bertz CT molecular complexity index is 982. The van der Waals surface area contributed by atoms with E-state index in [-0.39, 0.29) is 18.3 Å². The van der Waals surface area contributed by atoms with Crippen LogP contribution < -0.4 is 5.32 Å². The van der Waals surface area contributed by atoms with Crippen LogP contribution in [0.3, 0.4) is 0 Å². The lowest BCUT2D eigenvalue weighted by Gasteiger charge is -2.10. The quantitative estimate of drug-likeness (QED) is 0.701. The lowest BCUT2D eigenvalue weighted by Crippen LogP contribution is -2.15. The number of nitrogens with one attached hydrogen (secondary N) is 1. The maximum absolute atomic E-state index is 13.0. The minimum atomic E-state index is -0.257. The molecule has 6 heteroatoms. The van der Waals surface area contributed by atoms with Crippen LogP contribution in [0.15, 0.2) is 54.6 Å². The number of aryl methyl sites for hydroxylation is 1. The van der Waals surface area contributed by atoms with Gasteiger partial charge in [0.1, 0.15) is 6.10 Å². The Morgan fingerprint density at radius 3 is 2.52 bits per heavy atom. The second-order valence-corrected chi connectivity index (χ2v) is 6.50. The van der Waals surface area contributed by atoms with Crippen molar-refractivity contribution >= 4 is 11.6 Å². The summed E-state index contributed by atoms with van der Waals surface area (Å²) in [7, 11) is 1.61. The summed E-state index contributed by atoms with van der Waals surface area (Å²) in [6, 6.07) is 17.4. The number of aromatic nitrogens is 2. The highest BCUT2D eigenvalue weighted by atomic mass is 16.8. The molecule has 0 spiro atoms. The van der Waals surface area contributed by atoms with Crippen LogP contribution in [0.25, 0.3) is 5.69 Å². The molecule has 0 bridgehead atoms. The first kappa shape index (κ1) is 17.5. The number of hydrogen-bond donors (Lipinski definition) is 1. The zero-order valence-corrected chi connectivity index (χ0v) is 15.5. The predicted molar refractivity (Wildman–Crippen MR) is 102 cm³/mol. The van der Waals surface area contributed by atoms with E-state index in [1.54, 1.807) is 11.8 Å². The number of hydrogen-bond acceptors (Lipinski definition) is 4. The number of amides is 1. The molecule has 2 heterocycles. The molecule has 1 saturated heterocycles. The largest absolute Gasteiger partial charge is 0.353 e. The lowest BCUT2D eigenvalue weighted by atomic mass is 10.1. The zero-order chi connectivity index (χ0) is 19.0. The average molecular weight is 363 g/mol. The average Bonchev–Trinajstić information content (AvgIpc) is 3.40. The molecule has 1 N–H and O–H groups in total. The van der Waals surface area contributed by atoms with Gasteiger partial charge in [-0.3, -0.25) is 4.79 Å². The van der Waals surface area contributed by atoms with Gasteiger partial charge in [-0.2, -0.15) is 5.10 Å². The van der Waals surface area contributed by atoms with Crippen molar-refractivity contribution in [3.63, 3.8) is 0 Å². The van der Waals surface area contributed by atoms with Gasteiger partial charge < -0.3 is 14.8 Å². The molecule has 1 fully saturated rings. The van der Waals surface area contributed by atoms with Gasteiger partial charge in [0.2, 0.25) is 0 Å². The van der Waals surface area contributed by atoms with E-state index in [4.69, 9.17) is 9.47 Å². The van der Waals surface area contributed by atoms with Crippen molar-refractivity contribution in [3.05, 3.63) is 77.1 Å². The van der Waals surface area contributed by atoms with E-state index in [0.717, 1.165) is 22.6 Å². The van der Waals surface area contributed by atoms with Crippen molar-refractivity contribution in [2.75, 3.05) is 12.4 Å². The summed E-state index contributed by atoms with van der Waals surface area (Å²) in [5.41, 5.74) is 4.61. The van der Waals surface area contributed by atoms with Gasteiger partial charge in [0.25, 0.3) is 5.91 Å². The molecule has 0 aliphatic carbocycles.